The molecule has 0 bridgehead atoms. The number of rotatable bonds is 7. The van der Waals surface area contributed by atoms with Crippen molar-refractivity contribution in [1.29, 1.82) is 0 Å². The Morgan fingerprint density at radius 1 is 1.20 bits per heavy atom. The maximum Gasteiger partial charge on any atom is 0.295 e. The molecule has 2 unspecified atom stereocenters. The van der Waals surface area contributed by atoms with E-state index in [2.05, 4.69) is 27.4 Å². The van der Waals surface area contributed by atoms with Gasteiger partial charge in [-0.15, -0.1) is 0 Å². The number of methoxy groups -OCH3 is 1. The van der Waals surface area contributed by atoms with Crippen LogP contribution in [-0.2, 0) is 10.0 Å². The number of nitrogens with zero attached hydrogens (tertiary/aromatic N) is 2. The molecule has 2 aliphatic carbocycles. The Kier molecular flexibility index (Phi) is 5.17. The lowest BCUT2D eigenvalue weighted by Gasteiger charge is -2.31. The van der Waals surface area contributed by atoms with Crippen LogP contribution in [0.4, 0.5) is 17.1 Å². The first-order chi connectivity index (χ1) is 14.4. The zero-order chi connectivity index (χ0) is 21.3. The molecule has 9 nitrogen and oxygen atoms in total. The molecule has 2 aromatic rings. The number of nitro benzene ring substituents is 1. The summed E-state index contributed by atoms with van der Waals surface area (Å²) in [7, 11) is -2.50. The second-order valence-corrected chi connectivity index (χ2v) is 8.82. The van der Waals surface area contributed by atoms with E-state index in [0.29, 0.717) is 23.3 Å². The summed E-state index contributed by atoms with van der Waals surface area (Å²) in [6.45, 7) is 0. The van der Waals surface area contributed by atoms with E-state index in [-0.39, 0.29) is 16.3 Å². The Bertz CT molecular complexity index is 1140. The molecule has 2 N–H and O–H groups in total. The Morgan fingerprint density at radius 3 is 2.63 bits per heavy atom. The van der Waals surface area contributed by atoms with E-state index in [1.165, 1.54) is 19.2 Å². The molecule has 0 aliphatic heterocycles. The number of ether oxygens (including phenoxy) is 1. The van der Waals surface area contributed by atoms with Crippen molar-refractivity contribution in [3.8, 4) is 5.75 Å². The van der Waals surface area contributed by atoms with E-state index in [1.54, 1.807) is 24.3 Å². The molecular weight excluding hydrogens is 408 g/mol. The Balaban J connectivity index is 1.55. The maximum absolute atomic E-state index is 12.7. The molecule has 1 saturated carbocycles. The van der Waals surface area contributed by atoms with Gasteiger partial charge in [0.05, 0.1) is 16.9 Å². The van der Waals surface area contributed by atoms with Crippen molar-refractivity contribution in [2.45, 2.75) is 17.7 Å². The van der Waals surface area contributed by atoms with Crippen molar-refractivity contribution >= 4 is 32.8 Å². The average Bonchev–Trinajstić information content (AvgIpc) is 3.09. The van der Waals surface area contributed by atoms with Crippen LogP contribution in [0.2, 0.25) is 0 Å². The number of fused-ring (bicyclic) bond motifs is 1. The number of hydrogen-bond donors (Lipinski definition) is 2. The van der Waals surface area contributed by atoms with Crippen LogP contribution in [0, 0.1) is 22.0 Å². The Hall–Kier alpha value is -3.40. The summed E-state index contributed by atoms with van der Waals surface area (Å²) >= 11 is 0. The quantitative estimate of drug-likeness (QED) is 0.393. The van der Waals surface area contributed by atoms with E-state index < -0.39 is 14.9 Å². The fraction of sp³-hybridized carbons (Fsp3) is 0.250. The molecular formula is C20H20N4O5S. The van der Waals surface area contributed by atoms with Crippen LogP contribution >= 0.6 is 0 Å². The zero-order valence-electron chi connectivity index (χ0n) is 16.1. The lowest BCUT2D eigenvalue weighted by Crippen LogP contribution is -2.33. The predicted molar refractivity (Wildman–Crippen MR) is 113 cm³/mol. The maximum atomic E-state index is 12.7. The monoisotopic (exact) mass is 428 g/mol. The van der Waals surface area contributed by atoms with Gasteiger partial charge in [-0.3, -0.25) is 20.3 Å². The fourth-order valence-corrected chi connectivity index (χ4v) is 4.67. The van der Waals surface area contributed by atoms with Gasteiger partial charge in [-0.1, -0.05) is 12.2 Å². The van der Waals surface area contributed by atoms with Crippen molar-refractivity contribution in [2.75, 3.05) is 17.3 Å². The van der Waals surface area contributed by atoms with Crippen LogP contribution in [0.1, 0.15) is 12.8 Å². The molecule has 4 rings (SSSR count). The van der Waals surface area contributed by atoms with Crippen molar-refractivity contribution in [1.82, 2.24) is 0 Å². The van der Waals surface area contributed by atoms with Gasteiger partial charge in [0.25, 0.3) is 15.7 Å². The third kappa shape index (κ3) is 3.86. The lowest BCUT2D eigenvalue weighted by atomic mass is 9.74. The highest BCUT2D eigenvalue weighted by atomic mass is 32.2. The van der Waals surface area contributed by atoms with E-state index in [0.717, 1.165) is 24.6 Å². The first-order valence-electron chi connectivity index (χ1n) is 9.32. The Morgan fingerprint density at radius 2 is 1.97 bits per heavy atom. The smallest absolute Gasteiger partial charge is 0.295 e. The number of nitro groups is 1. The van der Waals surface area contributed by atoms with Gasteiger partial charge in [0.2, 0.25) is 0 Å². The summed E-state index contributed by atoms with van der Waals surface area (Å²) in [6.07, 6.45) is 6.12. The molecule has 0 spiro atoms. The zero-order valence-corrected chi connectivity index (χ0v) is 16.9. The molecule has 10 heteroatoms. The molecule has 0 radical (unpaired) electrons. The highest BCUT2D eigenvalue weighted by molar-refractivity contribution is 7.92. The van der Waals surface area contributed by atoms with Crippen LogP contribution in [-0.4, -0.2) is 26.2 Å². The van der Waals surface area contributed by atoms with E-state index in [1.807, 2.05) is 0 Å². The van der Waals surface area contributed by atoms with E-state index in [4.69, 9.17) is 4.74 Å². The van der Waals surface area contributed by atoms with Gasteiger partial charge in [0, 0.05) is 23.4 Å². The number of benzene rings is 2. The van der Waals surface area contributed by atoms with Gasteiger partial charge in [0.15, 0.2) is 0 Å². The van der Waals surface area contributed by atoms with Gasteiger partial charge in [-0.2, -0.15) is 5.10 Å². The van der Waals surface area contributed by atoms with Crippen molar-refractivity contribution in [2.24, 2.45) is 16.9 Å². The summed E-state index contributed by atoms with van der Waals surface area (Å²) < 4.78 is 32.8. The van der Waals surface area contributed by atoms with Gasteiger partial charge in [-0.05, 0) is 55.2 Å². The lowest BCUT2D eigenvalue weighted by molar-refractivity contribution is -0.384. The van der Waals surface area contributed by atoms with Crippen LogP contribution in [0.3, 0.4) is 0 Å². The van der Waals surface area contributed by atoms with Gasteiger partial charge in [0.1, 0.15) is 11.4 Å². The Labute approximate surface area is 173 Å². The largest absolute Gasteiger partial charge is 0.497 e. The van der Waals surface area contributed by atoms with Crippen LogP contribution < -0.4 is 14.9 Å². The van der Waals surface area contributed by atoms with Gasteiger partial charge >= 0.3 is 0 Å². The van der Waals surface area contributed by atoms with Crippen molar-refractivity contribution in [3.63, 3.8) is 0 Å². The topological polar surface area (TPSA) is 123 Å². The molecule has 0 amide bonds. The average molecular weight is 428 g/mol. The third-order valence-corrected chi connectivity index (χ3v) is 6.66. The number of allylic oxidation sites excluding steroid dienone is 2. The standard InChI is InChI=1S/C20H20N4O5S/c1-29-15-7-5-14(6-8-15)23-30(27,28)16-9-10-18(20(12-16)24(25)26)21-22-19-11-13-3-2-4-17(13)19/h2,4-10,12-13,17,21,23H,3,11H2,1H3. The highest BCUT2D eigenvalue weighted by Crippen LogP contribution is 2.40. The molecule has 2 atom stereocenters. The number of hydrogen-bond acceptors (Lipinski definition) is 7. The fourth-order valence-electron chi connectivity index (χ4n) is 3.59. The number of anilines is 2. The number of nitrogens with one attached hydrogen (secondary N) is 2. The molecule has 0 heterocycles. The number of hydrazone groups is 1. The van der Waals surface area contributed by atoms with Gasteiger partial charge < -0.3 is 4.74 Å². The molecule has 0 saturated heterocycles. The predicted octanol–water partition coefficient (Wildman–Crippen LogP) is 3.77. The molecule has 1 fully saturated rings. The first-order valence-corrected chi connectivity index (χ1v) is 10.8. The van der Waals surface area contributed by atoms with E-state index >= 15 is 0 Å². The van der Waals surface area contributed by atoms with Crippen LogP contribution in [0.25, 0.3) is 0 Å². The summed E-state index contributed by atoms with van der Waals surface area (Å²) in [5, 5.41) is 15.8. The molecule has 2 aromatic carbocycles. The minimum absolute atomic E-state index is 0.140. The minimum atomic E-state index is -4.01. The normalized spacial score (nSPS) is 21.0. The SMILES string of the molecule is COc1ccc(NS(=O)(=O)c2ccc(NN=C3CC4CC=CC34)c([N+](=O)[O-])c2)cc1. The van der Waals surface area contributed by atoms with Crippen LogP contribution in [0.15, 0.2) is 64.6 Å². The molecule has 2 aliphatic rings. The first kappa shape index (κ1) is 19.9. The summed E-state index contributed by atoms with van der Waals surface area (Å²) in [6, 6.07) is 9.98. The van der Waals surface area contributed by atoms with Crippen molar-refractivity contribution in [3.05, 3.63) is 64.7 Å². The van der Waals surface area contributed by atoms with Crippen LogP contribution in [0.5, 0.6) is 5.75 Å². The molecule has 30 heavy (non-hydrogen) atoms. The minimum Gasteiger partial charge on any atom is -0.497 e. The molecule has 156 valence electrons. The highest BCUT2D eigenvalue weighted by Gasteiger charge is 2.38. The number of sulfonamides is 1. The molecule has 0 aromatic heterocycles. The summed E-state index contributed by atoms with van der Waals surface area (Å²) in [5.74, 6) is 1.46. The van der Waals surface area contributed by atoms with Crippen molar-refractivity contribution < 1.29 is 18.1 Å². The second-order valence-electron chi connectivity index (χ2n) is 7.14. The summed E-state index contributed by atoms with van der Waals surface area (Å²) in [4.78, 5) is 10.7. The van der Waals surface area contributed by atoms with Gasteiger partial charge in [-0.25, -0.2) is 8.42 Å². The summed E-state index contributed by atoms with van der Waals surface area (Å²) in [5.41, 5.74) is 3.77. The third-order valence-electron chi connectivity index (χ3n) is 5.28. The second kappa shape index (κ2) is 7.79. The van der Waals surface area contributed by atoms with E-state index in [9.17, 15) is 18.5 Å².